The summed E-state index contributed by atoms with van der Waals surface area (Å²) < 4.78 is 14.0. The number of rotatable bonds is 13. The molecule has 0 aliphatic carbocycles. The summed E-state index contributed by atoms with van der Waals surface area (Å²) in [6.07, 6.45) is 2.22. The van der Waals surface area contributed by atoms with E-state index in [-0.39, 0.29) is 29.9 Å². The Hall–Kier alpha value is -2.83. The molecule has 0 saturated heterocycles. The number of carbonyl (C=O) groups excluding carboxylic acids is 2. The highest BCUT2D eigenvalue weighted by molar-refractivity contribution is 7.99. The predicted octanol–water partition coefficient (Wildman–Crippen LogP) is 6.27. The van der Waals surface area contributed by atoms with Gasteiger partial charge in [0.2, 0.25) is 11.8 Å². The molecule has 3 aromatic carbocycles. The maximum Gasteiger partial charge on any atom is 0.243 e. The van der Waals surface area contributed by atoms with Gasteiger partial charge in [0.05, 0.1) is 5.75 Å². The Kier molecular flexibility index (Phi) is 11.3. The predicted molar refractivity (Wildman–Crippen MR) is 146 cm³/mol. The molecule has 3 aromatic rings. The molecule has 0 unspecified atom stereocenters. The van der Waals surface area contributed by atoms with Crippen LogP contribution in [0.25, 0.3) is 0 Å². The maximum atomic E-state index is 14.0. The third-order valence-electron chi connectivity index (χ3n) is 5.78. The standard InChI is InChI=1S/C29H32ClFN2O2S/c1-2-3-16-32-29(35)27(18-22-10-5-4-6-11-22)33(19-23-12-9-14-25(30)17-23)28(34)21-36-20-24-13-7-8-15-26(24)31/h4-15,17,27H,2-3,16,18-21H2,1H3,(H,32,35)/t27-/m1/s1. The molecule has 0 aliphatic heterocycles. The van der Waals surface area contributed by atoms with Crippen LogP contribution in [0.5, 0.6) is 0 Å². The Labute approximate surface area is 222 Å². The summed E-state index contributed by atoms with van der Waals surface area (Å²) >= 11 is 7.55. The van der Waals surface area contributed by atoms with Crippen LogP contribution < -0.4 is 5.32 Å². The smallest absolute Gasteiger partial charge is 0.243 e. The second-order valence-electron chi connectivity index (χ2n) is 8.59. The molecule has 2 amide bonds. The molecule has 0 heterocycles. The third kappa shape index (κ3) is 8.68. The zero-order valence-corrected chi connectivity index (χ0v) is 22.0. The summed E-state index contributed by atoms with van der Waals surface area (Å²) in [6, 6.07) is 22.9. The van der Waals surface area contributed by atoms with E-state index in [2.05, 4.69) is 12.2 Å². The Bertz CT molecular complexity index is 1130. The first-order valence-electron chi connectivity index (χ1n) is 12.1. The second-order valence-corrected chi connectivity index (χ2v) is 10.0. The van der Waals surface area contributed by atoms with Gasteiger partial charge in [-0.3, -0.25) is 9.59 Å². The van der Waals surface area contributed by atoms with E-state index >= 15 is 0 Å². The lowest BCUT2D eigenvalue weighted by atomic mass is 10.0. The molecule has 0 radical (unpaired) electrons. The van der Waals surface area contributed by atoms with Crippen molar-refractivity contribution >= 4 is 35.2 Å². The highest BCUT2D eigenvalue weighted by atomic mass is 35.5. The van der Waals surface area contributed by atoms with Crippen LogP contribution in [-0.2, 0) is 28.3 Å². The number of carbonyl (C=O) groups is 2. The molecule has 1 N–H and O–H groups in total. The molecule has 0 bridgehead atoms. The summed E-state index contributed by atoms with van der Waals surface area (Å²) in [4.78, 5) is 28.6. The van der Waals surface area contributed by atoms with E-state index in [1.54, 1.807) is 29.2 Å². The minimum absolute atomic E-state index is 0.127. The molecular formula is C29H32ClFN2O2S. The quantitative estimate of drug-likeness (QED) is 0.267. The van der Waals surface area contributed by atoms with E-state index in [0.29, 0.717) is 29.3 Å². The minimum Gasteiger partial charge on any atom is -0.354 e. The summed E-state index contributed by atoms with van der Waals surface area (Å²) in [5.41, 5.74) is 2.36. The van der Waals surface area contributed by atoms with Crippen molar-refractivity contribution in [3.8, 4) is 0 Å². The van der Waals surface area contributed by atoms with Crippen molar-refractivity contribution in [2.75, 3.05) is 12.3 Å². The first kappa shape index (κ1) is 27.8. The first-order chi connectivity index (χ1) is 17.5. The number of hydrogen-bond donors (Lipinski definition) is 1. The minimum atomic E-state index is -0.690. The van der Waals surface area contributed by atoms with Gasteiger partial charge in [-0.25, -0.2) is 4.39 Å². The summed E-state index contributed by atoms with van der Waals surface area (Å²) in [7, 11) is 0. The van der Waals surface area contributed by atoms with Gasteiger partial charge in [0.25, 0.3) is 0 Å². The van der Waals surface area contributed by atoms with Crippen LogP contribution in [0.2, 0.25) is 5.02 Å². The van der Waals surface area contributed by atoms with Crippen LogP contribution in [0.4, 0.5) is 4.39 Å². The molecule has 0 aromatic heterocycles. The van der Waals surface area contributed by atoms with Crippen LogP contribution in [0.15, 0.2) is 78.9 Å². The average molecular weight is 527 g/mol. The summed E-state index contributed by atoms with van der Waals surface area (Å²) in [6.45, 7) is 2.87. The van der Waals surface area contributed by atoms with Gasteiger partial charge in [-0.2, -0.15) is 0 Å². The Balaban J connectivity index is 1.84. The lowest BCUT2D eigenvalue weighted by Gasteiger charge is -2.31. The van der Waals surface area contributed by atoms with Crippen molar-refractivity contribution in [1.82, 2.24) is 10.2 Å². The number of benzene rings is 3. The van der Waals surface area contributed by atoms with Crippen molar-refractivity contribution < 1.29 is 14.0 Å². The zero-order chi connectivity index (χ0) is 25.8. The number of thioether (sulfide) groups is 1. The zero-order valence-electron chi connectivity index (χ0n) is 20.5. The van der Waals surface area contributed by atoms with Crippen LogP contribution in [0.3, 0.4) is 0 Å². The molecule has 0 aliphatic rings. The van der Waals surface area contributed by atoms with E-state index in [0.717, 1.165) is 24.0 Å². The van der Waals surface area contributed by atoms with E-state index in [1.165, 1.54) is 17.8 Å². The van der Waals surface area contributed by atoms with Gasteiger partial charge in [0, 0.05) is 30.3 Å². The summed E-state index contributed by atoms with van der Waals surface area (Å²) in [5, 5.41) is 3.58. The van der Waals surface area contributed by atoms with E-state index in [9.17, 15) is 14.0 Å². The molecule has 190 valence electrons. The van der Waals surface area contributed by atoms with Gasteiger partial charge in [-0.1, -0.05) is 85.6 Å². The number of amides is 2. The van der Waals surface area contributed by atoms with Crippen molar-refractivity contribution in [3.05, 3.63) is 106 Å². The lowest BCUT2D eigenvalue weighted by molar-refractivity contribution is -0.139. The van der Waals surface area contributed by atoms with Crippen molar-refractivity contribution in [3.63, 3.8) is 0 Å². The molecule has 0 spiro atoms. The molecule has 4 nitrogen and oxygen atoms in total. The van der Waals surface area contributed by atoms with Crippen molar-refractivity contribution in [1.29, 1.82) is 0 Å². The fourth-order valence-corrected chi connectivity index (χ4v) is 4.95. The van der Waals surface area contributed by atoms with Crippen LogP contribution >= 0.6 is 23.4 Å². The van der Waals surface area contributed by atoms with E-state index in [4.69, 9.17) is 11.6 Å². The van der Waals surface area contributed by atoms with Gasteiger partial charge in [-0.15, -0.1) is 11.8 Å². The van der Waals surface area contributed by atoms with Gasteiger partial charge in [0.15, 0.2) is 0 Å². The van der Waals surface area contributed by atoms with Crippen LogP contribution in [-0.4, -0.2) is 35.1 Å². The summed E-state index contributed by atoms with van der Waals surface area (Å²) in [5.74, 6) is -0.145. The fourth-order valence-electron chi connectivity index (χ4n) is 3.84. The second kappa shape index (κ2) is 14.7. The normalized spacial score (nSPS) is 11.6. The first-order valence-corrected chi connectivity index (χ1v) is 13.7. The molecular weight excluding hydrogens is 495 g/mol. The Morgan fingerprint density at radius 3 is 2.44 bits per heavy atom. The number of halogens is 2. The number of unbranched alkanes of at least 4 members (excludes halogenated alkanes) is 1. The molecule has 3 rings (SSSR count). The Morgan fingerprint density at radius 1 is 1.00 bits per heavy atom. The van der Waals surface area contributed by atoms with Gasteiger partial charge in [-0.05, 0) is 41.3 Å². The van der Waals surface area contributed by atoms with Crippen LogP contribution in [0.1, 0.15) is 36.5 Å². The van der Waals surface area contributed by atoms with Crippen molar-refractivity contribution in [2.45, 2.75) is 44.5 Å². The highest BCUT2D eigenvalue weighted by Crippen LogP contribution is 2.21. The lowest BCUT2D eigenvalue weighted by Crippen LogP contribution is -2.51. The average Bonchev–Trinajstić information content (AvgIpc) is 2.88. The monoisotopic (exact) mass is 526 g/mol. The molecule has 7 heteroatoms. The van der Waals surface area contributed by atoms with Gasteiger partial charge >= 0.3 is 0 Å². The van der Waals surface area contributed by atoms with E-state index in [1.807, 2.05) is 48.5 Å². The topological polar surface area (TPSA) is 49.4 Å². The molecule has 0 saturated carbocycles. The van der Waals surface area contributed by atoms with E-state index < -0.39 is 6.04 Å². The number of hydrogen-bond acceptors (Lipinski definition) is 3. The third-order valence-corrected chi connectivity index (χ3v) is 6.98. The molecule has 36 heavy (non-hydrogen) atoms. The SMILES string of the molecule is CCCCNC(=O)[C@@H](Cc1ccccc1)N(Cc1cccc(Cl)c1)C(=O)CSCc1ccccc1F. The van der Waals surface area contributed by atoms with Gasteiger partial charge in [0.1, 0.15) is 11.9 Å². The van der Waals surface area contributed by atoms with Crippen molar-refractivity contribution in [2.24, 2.45) is 0 Å². The molecule has 0 fully saturated rings. The van der Waals surface area contributed by atoms with Gasteiger partial charge < -0.3 is 10.2 Å². The highest BCUT2D eigenvalue weighted by Gasteiger charge is 2.30. The fraction of sp³-hybridized carbons (Fsp3) is 0.310. The number of nitrogens with one attached hydrogen (secondary N) is 1. The van der Waals surface area contributed by atoms with Crippen LogP contribution in [0, 0.1) is 5.82 Å². The number of nitrogens with zero attached hydrogens (tertiary/aromatic N) is 1. The Morgan fingerprint density at radius 2 is 1.72 bits per heavy atom. The maximum absolute atomic E-state index is 14.0. The molecule has 1 atom stereocenters. The largest absolute Gasteiger partial charge is 0.354 e.